The van der Waals surface area contributed by atoms with Gasteiger partial charge in [-0.1, -0.05) is 266 Å². The topological polar surface area (TPSA) is 78.9 Å². The van der Waals surface area contributed by atoms with Crippen LogP contribution in [-0.2, 0) is 28.6 Å². The molecule has 0 radical (unpaired) electrons. The Labute approximate surface area is 414 Å². The zero-order valence-electron chi connectivity index (χ0n) is 43.9. The molecule has 0 aromatic heterocycles. The first kappa shape index (κ1) is 63.6. The summed E-state index contributed by atoms with van der Waals surface area (Å²) in [6.45, 7) is 6.46. The third kappa shape index (κ3) is 53.4. The molecule has 0 N–H and O–H groups in total. The second-order valence-corrected chi connectivity index (χ2v) is 18.6. The van der Waals surface area contributed by atoms with Crippen molar-refractivity contribution >= 4 is 17.9 Å². The quantitative estimate of drug-likeness (QED) is 0.0262. The first-order valence-electron chi connectivity index (χ1n) is 28.2. The highest BCUT2D eigenvalue weighted by molar-refractivity contribution is 5.71. The van der Waals surface area contributed by atoms with Crippen LogP contribution in [0.1, 0.15) is 265 Å². The molecular weight excluding hydrogens is 829 g/mol. The molecule has 0 aromatic rings. The van der Waals surface area contributed by atoms with Crippen LogP contribution >= 0.6 is 0 Å². The molecule has 0 aliphatic carbocycles. The zero-order chi connectivity index (χ0) is 48.6. The van der Waals surface area contributed by atoms with E-state index in [1.165, 1.54) is 116 Å². The molecule has 6 heteroatoms. The summed E-state index contributed by atoms with van der Waals surface area (Å²) in [5, 5.41) is 0. The number of allylic oxidation sites excluding steroid dienone is 14. The Morgan fingerprint density at radius 3 is 0.910 bits per heavy atom. The summed E-state index contributed by atoms with van der Waals surface area (Å²) in [6, 6.07) is 0. The minimum Gasteiger partial charge on any atom is -0.462 e. The minimum absolute atomic E-state index is 0.0936. The molecule has 0 aliphatic heterocycles. The average Bonchev–Trinajstić information content (AvgIpc) is 3.33. The van der Waals surface area contributed by atoms with Gasteiger partial charge in [0.25, 0.3) is 0 Å². The number of hydrogen-bond donors (Lipinski definition) is 0. The van der Waals surface area contributed by atoms with Gasteiger partial charge in [-0.05, 0) is 64.2 Å². The fraction of sp³-hybridized carbons (Fsp3) is 0.721. The van der Waals surface area contributed by atoms with Gasteiger partial charge >= 0.3 is 17.9 Å². The largest absolute Gasteiger partial charge is 0.462 e. The highest BCUT2D eigenvalue weighted by atomic mass is 16.6. The summed E-state index contributed by atoms with van der Waals surface area (Å²) in [5.41, 5.74) is 0. The van der Waals surface area contributed by atoms with Crippen molar-refractivity contribution in [3.63, 3.8) is 0 Å². The van der Waals surface area contributed by atoms with Crippen LogP contribution in [0.4, 0.5) is 0 Å². The fourth-order valence-electron chi connectivity index (χ4n) is 7.81. The van der Waals surface area contributed by atoms with Crippen LogP contribution in [0.5, 0.6) is 0 Å². The lowest BCUT2D eigenvalue weighted by molar-refractivity contribution is -0.167. The molecule has 0 aliphatic rings. The van der Waals surface area contributed by atoms with E-state index in [9.17, 15) is 14.4 Å². The van der Waals surface area contributed by atoms with E-state index in [1.54, 1.807) is 0 Å². The van der Waals surface area contributed by atoms with Crippen molar-refractivity contribution in [2.24, 2.45) is 0 Å². The number of rotatable bonds is 50. The SMILES string of the molecule is CC\C=C/C=C\C=C/C=C\CCCCCCCC(=O)OCC(COC(=O)CCCCCCC\C=C/C=C\C=C/CCCCCCC)OC(=O)CCCCCCCCCCCCCCCCCC. The summed E-state index contributed by atoms with van der Waals surface area (Å²) >= 11 is 0. The molecule has 384 valence electrons. The highest BCUT2D eigenvalue weighted by Gasteiger charge is 2.19. The molecule has 0 saturated carbocycles. The lowest BCUT2D eigenvalue weighted by atomic mass is 10.0. The van der Waals surface area contributed by atoms with E-state index in [2.05, 4.69) is 87.6 Å². The van der Waals surface area contributed by atoms with E-state index in [0.717, 1.165) is 109 Å². The predicted octanol–water partition coefficient (Wildman–Crippen LogP) is 18.8. The fourth-order valence-corrected chi connectivity index (χ4v) is 7.81. The Balaban J connectivity index is 4.45. The van der Waals surface area contributed by atoms with Gasteiger partial charge in [-0.2, -0.15) is 0 Å². The monoisotopic (exact) mass is 933 g/mol. The van der Waals surface area contributed by atoms with Crippen molar-refractivity contribution < 1.29 is 28.6 Å². The number of hydrogen-bond acceptors (Lipinski definition) is 6. The van der Waals surface area contributed by atoms with Crippen molar-refractivity contribution in [3.05, 3.63) is 85.1 Å². The minimum atomic E-state index is -0.794. The Morgan fingerprint density at radius 1 is 0.313 bits per heavy atom. The van der Waals surface area contributed by atoms with E-state index in [0.29, 0.717) is 19.3 Å². The Bertz CT molecular complexity index is 1300. The molecule has 1 unspecified atom stereocenters. The van der Waals surface area contributed by atoms with Crippen molar-refractivity contribution in [1.29, 1.82) is 0 Å². The van der Waals surface area contributed by atoms with E-state index < -0.39 is 6.10 Å². The van der Waals surface area contributed by atoms with Crippen LogP contribution in [0.3, 0.4) is 0 Å². The smallest absolute Gasteiger partial charge is 0.306 e. The van der Waals surface area contributed by atoms with Crippen LogP contribution in [0.15, 0.2) is 85.1 Å². The number of ether oxygens (including phenoxy) is 3. The predicted molar refractivity (Wildman–Crippen MR) is 288 cm³/mol. The maximum Gasteiger partial charge on any atom is 0.306 e. The van der Waals surface area contributed by atoms with Gasteiger partial charge in [-0.3, -0.25) is 14.4 Å². The second kappa shape index (κ2) is 55.2. The normalized spacial score (nSPS) is 12.7. The van der Waals surface area contributed by atoms with Crippen molar-refractivity contribution in [1.82, 2.24) is 0 Å². The second-order valence-electron chi connectivity index (χ2n) is 18.6. The molecule has 0 saturated heterocycles. The molecule has 0 amide bonds. The van der Waals surface area contributed by atoms with E-state index in [-0.39, 0.29) is 31.1 Å². The highest BCUT2D eigenvalue weighted by Crippen LogP contribution is 2.16. The number of esters is 3. The van der Waals surface area contributed by atoms with Crippen molar-refractivity contribution in [3.8, 4) is 0 Å². The Kier molecular flexibility index (Phi) is 52.4. The lowest BCUT2D eigenvalue weighted by Gasteiger charge is -2.18. The lowest BCUT2D eigenvalue weighted by Crippen LogP contribution is -2.30. The van der Waals surface area contributed by atoms with E-state index >= 15 is 0 Å². The molecule has 0 spiro atoms. The van der Waals surface area contributed by atoms with E-state index in [4.69, 9.17) is 14.2 Å². The molecular formula is C61H104O6. The van der Waals surface area contributed by atoms with Gasteiger partial charge in [0.2, 0.25) is 0 Å². The number of carbonyl (C=O) groups excluding carboxylic acids is 3. The number of carbonyl (C=O) groups is 3. The molecule has 0 rings (SSSR count). The maximum absolute atomic E-state index is 12.8. The van der Waals surface area contributed by atoms with Crippen LogP contribution < -0.4 is 0 Å². The molecule has 0 heterocycles. The molecule has 6 nitrogen and oxygen atoms in total. The van der Waals surface area contributed by atoms with Gasteiger partial charge in [0.15, 0.2) is 6.10 Å². The summed E-state index contributed by atoms with van der Waals surface area (Å²) in [5.74, 6) is -0.928. The van der Waals surface area contributed by atoms with Crippen LogP contribution in [0.25, 0.3) is 0 Å². The third-order valence-corrected chi connectivity index (χ3v) is 12.0. The van der Waals surface area contributed by atoms with Crippen LogP contribution in [-0.4, -0.2) is 37.2 Å². The van der Waals surface area contributed by atoms with Gasteiger partial charge in [0.1, 0.15) is 13.2 Å². The van der Waals surface area contributed by atoms with Crippen molar-refractivity contribution in [2.75, 3.05) is 13.2 Å². The standard InChI is InChI=1S/C61H104O6/c1-4-7-10-13-16-19-22-25-28-30-31-34-36-39-42-45-48-51-54-60(63)66-57-58(56-65-59(62)53-50-47-44-41-38-35-32-27-24-21-18-15-12-9-6-3)67-61(64)55-52-49-46-43-40-37-33-29-26-23-20-17-14-11-8-5-2/h9,12,15,18,21-22,24-25,27-28,30-32,34,58H,4-8,10-11,13-14,16-17,19-20,23,26,29,33,35-57H2,1-3H3/b12-9-,18-15-,24-21-,25-22-,30-28-,32-27-,34-31-. The van der Waals surface area contributed by atoms with Crippen molar-refractivity contribution in [2.45, 2.75) is 271 Å². The van der Waals surface area contributed by atoms with Gasteiger partial charge in [0, 0.05) is 19.3 Å². The van der Waals surface area contributed by atoms with Gasteiger partial charge in [-0.15, -0.1) is 0 Å². The summed E-state index contributed by atoms with van der Waals surface area (Å²) < 4.78 is 16.8. The number of unbranched alkanes of at least 4 members (excludes halogenated alkanes) is 30. The van der Waals surface area contributed by atoms with Crippen LogP contribution in [0, 0.1) is 0 Å². The zero-order valence-corrected chi connectivity index (χ0v) is 43.9. The third-order valence-electron chi connectivity index (χ3n) is 12.0. The van der Waals surface area contributed by atoms with Crippen LogP contribution in [0.2, 0.25) is 0 Å². The Morgan fingerprint density at radius 2 is 0.582 bits per heavy atom. The van der Waals surface area contributed by atoms with Gasteiger partial charge in [-0.25, -0.2) is 0 Å². The molecule has 0 bridgehead atoms. The summed E-state index contributed by atoms with van der Waals surface area (Å²) in [4.78, 5) is 38.1. The summed E-state index contributed by atoms with van der Waals surface area (Å²) in [6.07, 6.45) is 71.3. The first-order valence-corrected chi connectivity index (χ1v) is 28.2. The maximum atomic E-state index is 12.8. The average molecular weight is 933 g/mol. The first-order chi connectivity index (χ1) is 33.0. The summed E-state index contributed by atoms with van der Waals surface area (Å²) in [7, 11) is 0. The molecule has 0 fully saturated rings. The Hall–Kier alpha value is -3.41. The molecule has 0 aromatic carbocycles. The van der Waals surface area contributed by atoms with Gasteiger partial charge in [0.05, 0.1) is 0 Å². The van der Waals surface area contributed by atoms with Gasteiger partial charge < -0.3 is 14.2 Å². The van der Waals surface area contributed by atoms with E-state index in [1.807, 2.05) is 18.2 Å². The molecule has 67 heavy (non-hydrogen) atoms. The molecule has 1 atom stereocenters.